The van der Waals surface area contributed by atoms with Gasteiger partial charge in [-0.15, -0.1) is 0 Å². The highest BCUT2D eigenvalue weighted by Gasteiger charge is 2.43. The monoisotopic (exact) mass is 606 g/mol. The summed E-state index contributed by atoms with van der Waals surface area (Å²) in [6.45, 7) is 7.76. The number of esters is 1. The molecule has 3 aliphatic rings. The van der Waals surface area contributed by atoms with Crippen molar-refractivity contribution in [2.45, 2.75) is 103 Å². The van der Waals surface area contributed by atoms with Crippen LogP contribution in [0.1, 0.15) is 85.5 Å². The van der Waals surface area contributed by atoms with Gasteiger partial charge >= 0.3 is 18.0 Å². The van der Waals surface area contributed by atoms with Crippen molar-refractivity contribution in [2.24, 2.45) is 22.8 Å². The van der Waals surface area contributed by atoms with Gasteiger partial charge < -0.3 is 15.4 Å². The fourth-order valence-electron chi connectivity index (χ4n) is 5.55. The Bertz CT molecular complexity index is 1080. The molecular weight excluding hydrogens is 560 g/mol. The number of Topliss-reactive ketones (excluding diaryl/α,β-unsaturated/α-hetero) is 1. The number of carbonyl (C=O) groups excluding carboxylic acids is 6. The lowest BCUT2D eigenvalue weighted by Crippen LogP contribution is -2.64. The first kappa shape index (κ1) is 33.7. The van der Waals surface area contributed by atoms with Crippen molar-refractivity contribution in [1.29, 1.82) is 0 Å². The standard InChI is InChI=1S/C28H46N8O7/c1-5-22(37)19-10-8-18(9-11-19)16-30-26(41)33-31-17-20(15-24(39)43-28(2,3)4)32-25(40)21-7-6-13-35-23(38)12-14-34(29)27(42)36(21)35/h17-21H,5-16,29H2,1-4H3,(H,32,40)(H2,30,33,41)/b31-17+/t18?,19?,20-,21-/m0/s1. The largest absolute Gasteiger partial charge is 0.460 e. The minimum Gasteiger partial charge on any atom is -0.460 e. The predicted octanol–water partition coefficient (Wildman–Crippen LogP) is 1.18. The fraction of sp³-hybridized carbons (Fsp3) is 0.750. The van der Waals surface area contributed by atoms with Crippen LogP contribution in [-0.4, -0.2) is 94.2 Å². The minimum absolute atomic E-state index is 0.0282. The highest BCUT2D eigenvalue weighted by molar-refractivity contribution is 5.92. The van der Waals surface area contributed by atoms with E-state index in [2.05, 4.69) is 21.2 Å². The minimum atomic E-state index is -1.04. The molecule has 0 bridgehead atoms. The molecule has 0 aromatic carbocycles. The number of nitrogens with two attached hydrogens (primary N) is 1. The molecule has 0 aromatic heterocycles. The molecular formula is C28H46N8O7. The van der Waals surface area contributed by atoms with Crippen LogP contribution in [0.25, 0.3) is 0 Å². The molecule has 0 unspecified atom stereocenters. The fourth-order valence-corrected chi connectivity index (χ4v) is 5.55. The number of hydrazone groups is 1. The van der Waals surface area contributed by atoms with E-state index in [9.17, 15) is 28.8 Å². The van der Waals surface area contributed by atoms with E-state index >= 15 is 0 Å². The van der Waals surface area contributed by atoms with E-state index in [4.69, 9.17) is 10.6 Å². The van der Waals surface area contributed by atoms with Crippen molar-refractivity contribution in [2.75, 3.05) is 19.6 Å². The van der Waals surface area contributed by atoms with Gasteiger partial charge in [-0.05, 0) is 65.2 Å². The molecule has 1 aliphatic carbocycles. The van der Waals surface area contributed by atoms with Crippen LogP contribution >= 0.6 is 0 Å². The maximum absolute atomic E-state index is 13.4. The first-order valence-corrected chi connectivity index (χ1v) is 15.1. The molecule has 2 atom stereocenters. The summed E-state index contributed by atoms with van der Waals surface area (Å²) in [6.07, 6.45) is 5.64. The highest BCUT2D eigenvalue weighted by Crippen LogP contribution is 2.29. The number of hydrazine groups is 2. The van der Waals surface area contributed by atoms with Gasteiger partial charge in [-0.1, -0.05) is 6.92 Å². The van der Waals surface area contributed by atoms with Crippen LogP contribution < -0.4 is 21.9 Å². The van der Waals surface area contributed by atoms with Crippen molar-refractivity contribution in [3.63, 3.8) is 0 Å². The molecule has 43 heavy (non-hydrogen) atoms. The summed E-state index contributed by atoms with van der Waals surface area (Å²) in [7, 11) is 0. The molecule has 15 nitrogen and oxygen atoms in total. The number of ketones is 1. The van der Waals surface area contributed by atoms with E-state index in [-0.39, 0.29) is 50.1 Å². The second-order valence-corrected chi connectivity index (χ2v) is 12.3. The molecule has 15 heteroatoms. The molecule has 2 aliphatic heterocycles. The summed E-state index contributed by atoms with van der Waals surface area (Å²) in [5.41, 5.74) is 1.59. The van der Waals surface area contributed by atoms with Gasteiger partial charge in [-0.3, -0.25) is 24.2 Å². The number of ether oxygens (including phenoxy) is 1. The van der Waals surface area contributed by atoms with Crippen LogP contribution in [0.3, 0.4) is 0 Å². The van der Waals surface area contributed by atoms with Crippen LogP contribution in [0.4, 0.5) is 9.59 Å². The summed E-state index contributed by atoms with van der Waals surface area (Å²) in [5.74, 6) is 4.95. The summed E-state index contributed by atoms with van der Waals surface area (Å²) in [6, 6.07) is -3.25. The van der Waals surface area contributed by atoms with Gasteiger partial charge in [0, 0.05) is 44.6 Å². The van der Waals surface area contributed by atoms with Crippen molar-refractivity contribution in [3.05, 3.63) is 0 Å². The number of amides is 6. The van der Waals surface area contributed by atoms with Crippen molar-refractivity contribution >= 4 is 41.8 Å². The summed E-state index contributed by atoms with van der Waals surface area (Å²) in [5, 5.41) is 12.6. The van der Waals surface area contributed by atoms with Crippen LogP contribution in [0.2, 0.25) is 0 Å². The first-order valence-electron chi connectivity index (χ1n) is 15.1. The third-order valence-corrected chi connectivity index (χ3v) is 7.76. The molecule has 0 spiro atoms. The molecule has 5 N–H and O–H groups in total. The van der Waals surface area contributed by atoms with Gasteiger partial charge in [0.1, 0.15) is 17.4 Å². The molecule has 6 amide bonds. The lowest BCUT2D eigenvalue weighted by atomic mass is 9.79. The first-order chi connectivity index (χ1) is 20.3. The summed E-state index contributed by atoms with van der Waals surface area (Å²) >= 11 is 0. The Morgan fingerprint density at radius 1 is 1.09 bits per heavy atom. The zero-order valence-electron chi connectivity index (χ0n) is 25.6. The molecule has 0 radical (unpaired) electrons. The molecule has 3 rings (SSSR count). The van der Waals surface area contributed by atoms with Crippen molar-refractivity contribution in [1.82, 2.24) is 31.1 Å². The lowest BCUT2D eigenvalue weighted by Gasteiger charge is -2.42. The number of nitrogens with zero attached hydrogens (tertiary/aromatic N) is 4. The highest BCUT2D eigenvalue weighted by atomic mass is 16.6. The van der Waals surface area contributed by atoms with Crippen molar-refractivity contribution in [3.8, 4) is 0 Å². The van der Waals surface area contributed by atoms with Crippen LogP contribution in [0, 0.1) is 11.8 Å². The van der Waals surface area contributed by atoms with Gasteiger partial charge in [-0.25, -0.2) is 30.9 Å². The molecule has 2 saturated heterocycles. The number of carbonyl (C=O) groups is 6. The zero-order valence-corrected chi connectivity index (χ0v) is 25.6. The number of nitrogens with one attached hydrogen (secondary N) is 3. The summed E-state index contributed by atoms with van der Waals surface area (Å²) < 4.78 is 5.39. The van der Waals surface area contributed by atoms with E-state index in [1.165, 1.54) is 11.2 Å². The zero-order chi connectivity index (χ0) is 31.7. The third-order valence-electron chi connectivity index (χ3n) is 7.76. The number of hydrogen-bond donors (Lipinski definition) is 4. The normalized spacial score (nSPS) is 23.7. The van der Waals surface area contributed by atoms with Gasteiger partial charge in [-0.2, -0.15) is 5.10 Å². The number of urea groups is 2. The second kappa shape index (κ2) is 15.1. The van der Waals surface area contributed by atoms with Gasteiger partial charge in [0.25, 0.3) is 0 Å². The van der Waals surface area contributed by atoms with Crippen LogP contribution in [-0.2, 0) is 23.9 Å². The third kappa shape index (κ3) is 9.90. The van der Waals surface area contributed by atoms with E-state index < -0.39 is 41.6 Å². The van der Waals surface area contributed by atoms with Crippen LogP contribution in [0.15, 0.2) is 5.10 Å². The Morgan fingerprint density at radius 3 is 2.44 bits per heavy atom. The van der Waals surface area contributed by atoms with Gasteiger partial charge in [0.15, 0.2) is 0 Å². The number of fused-ring (bicyclic) bond motifs is 1. The smallest absolute Gasteiger partial charge is 0.353 e. The number of hydrogen-bond acceptors (Lipinski definition) is 9. The van der Waals surface area contributed by atoms with E-state index in [0.717, 1.165) is 35.7 Å². The summed E-state index contributed by atoms with van der Waals surface area (Å²) in [4.78, 5) is 75.9. The molecule has 0 aromatic rings. The molecule has 1 saturated carbocycles. The Morgan fingerprint density at radius 2 is 1.79 bits per heavy atom. The lowest BCUT2D eigenvalue weighted by molar-refractivity contribution is -0.155. The van der Waals surface area contributed by atoms with E-state index in [0.29, 0.717) is 25.2 Å². The van der Waals surface area contributed by atoms with Gasteiger partial charge in [0.05, 0.1) is 12.5 Å². The average Bonchev–Trinajstić information content (AvgIpc) is 3.06. The average molecular weight is 607 g/mol. The maximum atomic E-state index is 13.4. The van der Waals surface area contributed by atoms with Crippen LogP contribution in [0.5, 0.6) is 0 Å². The Hall–Kier alpha value is -3.75. The van der Waals surface area contributed by atoms with Gasteiger partial charge in [0.2, 0.25) is 11.8 Å². The Kier molecular flexibility index (Phi) is 11.9. The SMILES string of the molecule is CCC(=O)C1CCC(CNC(=O)N/N=C/[C@H](CC(=O)OC(C)(C)C)NC(=O)[C@@H]2CCCN3C(=O)CCN(N)C(=O)N23)CC1. The number of rotatable bonds is 10. The Balaban J connectivity index is 1.61. The molecule has 240 valence electrons. The maximum Gasteiger partial charge on any atom is 0.353 e. The molecule has 2 heterocycles. The topological polar surface area (TPSA) is 196 Å². The quantitative estimate of drug-likeness (QED) is 0.0935. The van der Waals surface area contributed by atoms with Crippen molar-refractivity contribution < 1.29 is 33.5 Å². The second-order valence-electron chi connectivity index (χ2n) is 12.3. The predicted molar refractivity (Wildman–Crippen MR) is 156 cm³/mol. The Labute approximate surface area is 252 Å². The van der Waals surface area contributed by atoms with E-state index in [1.54, 1.807) is 20.8 Å². The van der Waals surface area contributed by atoms with E-state index in [1.807, 2.05) is 6.92 Å². The molecule has 3 fully saturated rings.